The van der Waals surface area contributed by atoms with Crippen LogP contribution in [-0.2, 0) is 12.4 Å². The smallest absolute Gasteiger partial charge is 0.157 e. The number of benzene rings is 3. The number of hydrogen-bond acceptors (Lipinski definition) is 4. The maximum atomic E-state index is 5.86. The minimum absolute atomic E-state index is 0.192. The molecule has 0 fully saturated rings. The Kier molecular flexibility index (Phi) is 5.98. The molecule has 3 nitrogen and oxygen atoms in total. The van der Waals surface area contributed by atoms with E-state index in [4.69, 9.17) is 9.73 Å². The van der Waals surface area contributed by atoms with Gasteiger partial charge in [-0.2, -0.15) is 0 Å². The zero-order valence-corrected chi connectivity index (χ0v) is 16.7. The molecule has 2 atom stereocenters. The van der Waals surface area contributed by atoms with Crippen LogP contribution in [-0.4, -0.2) is 11.2 Å². The van der Waals surface area contributed by atoms with Gasteiger partial charge in [-0.15, -0.1) is 0 Å². The Balaban J connectivity index is 1.30. The monoisotopic (exact) mass is 388 g/mol. The first-order chi connectivity index (χ1) is 13.8. The van der Waals surface area contributed by atoms with Gasteiger partial charge in [-0.1, -0.05) is 84.6 Å². The molecule has 3 aromatic carbocycles. The van der Waals surface area contributed by atoms with E-state index in [1.165, 1.54) is 16.7 Å². The average molecular weight is 389 g/mol. The maximum Gasteiger partial charge on any atom is 0.157 e. The van der Waals surface area contributed by atoms with Gasteiger partial charge in [0.15, 0.2) is 5.17 Å². The summed E-state index contributed by atoms with van der Waals surface area (Å²) in [6.07, 6.45) is 0. The van der Waals surface area contributed by atoms with Crippen molar-refractivity contribution in [2.24, 2.45) is 4.99 Å². The highest BCUT2D eigenvalue weighted by molar-refractivity contribution is 8.13. The molecule has 1 aliphatic rings. The molecule has 0 amide bonds. The third kappa shape index (κ3) is 4.76. The molecular weight excluding hydrogens is 364 g/mol. The summed E-state index contributed by atoms with van der Waals surface area (Å²) in [4.78, 5) is 4.88. The number of nitrogens with one attached hydrogen (secondary N) is 1. The first kappa shape index (κ1) is 18.6. The van der Waals surface area contributed by atoms with Crippen molar-refractivity contribution in [3.63, 3.8) is 0 Å². The standard InChI is InChI=1S/C24H24N2OS/c1-18-23(21-10-6-3-7-11-21)26-24(25-18)28-17-20-12-14-22(15-13-20)27-16-19-8-4-2-5-9-19/h2-15,18,23H,16-17H2,1H3,(H,25,26)/t18-,23-/m0/s1. The van der Waals surface area contributed by atoms with E-state index < -0.39 is 0 Å². The van der Waals surface area contributed by atoms with E-state index in [2.05, 4.69) is 60.8 Å². The van der Waals surface area contributed by atoms with Gasteiger partial charge in [-0.25, -0.2) is 0 Å². The van der Waals surface area contributed by atoms with Gasteiger partial charge < -0.3 is 10.1 Å². The van der Waals surface area contributed by atoms with Gasteiger partial charge in [0.25, 0.3) is 0 Å². The van der Waals surface area contributed by atoms with Crippen LogP contribution in [0.4, 0.5) is 0 Å². The SMILES string of the molecule is C[C@@H]1NC(SCc2ccc(OCc3ccccc3)cc2)=N[C@@H]1c1ccccc1. The molecule has 0 unspecified atom stereocenters. The average Bonchev–Trinajstić information content (AvgIpc) is 3.13. The zero-order valence-electron chi connectivity index (χ0n) is 15.9. The van der Waals surface area contributed by atoms with Crippen LogP contribution in [0.1, 0.15) is 29.7 Å². The fraction of sp³-hybridized carbons (Fsp3) is 0.208. The molecule has 0 saturated carbocycles. The van der Waals surface area contributed by atoms with Crippen LogP contribution in [0.2, 0.25) is 0 Å². The van der Waals surface area contributed by atoms with E-state index in [0.29, 0.717) is 12.6 Å². The van der Waals surface area contributed by atoms with Crippen LogP contribution in [0.25, 0.3) is 0 Å². The largest absolute Gasteiger partial charge is 0.489 e. The van der Waals surface area contributed by atoms with E-state index >= 15 is 0 Å². The third-order valence-corrected chi connectivity index (χ3v) is 5.74. The highest BCUT2D eigenvalue weighted by Crippen LogP contribution is 2.29. The molecule has 0 radical (unpaired) electrons. The molecule has 1 aliphatic heterocycles. The van der Waals surface area contributed by atoms with Crippen molar-refractivity contribution in [1.82, 2.24) is 5.32 Å². The second kappa shape index (κ2) is 8.98. The fourth-order valence-corrected chi connectivity index (χ4v) is 4.17. The molecular formula is C24H24N2OS. The number of thioether (sulfide) groups is 1. The highest BCUT2D eigenvalue weighted by Gasteiger charge is 2.26. The summed E-state index contributed by atoms with van der Waals surface area (Å²) in [5.41, 5.74) is 3.70. The number of nitrogens with zero attached hydrogens (tertiary/aromatic N) is 1. The lowest BCUT2D eigenvalue weighted by Crippen LogP contribution is -2.27. The van der Waals surface area contributed by atoms with Crippen LogP contribution >= 0.6 is 11.8 Å². The van der Waals surface area contributed by atoms with Crippen molar-refractivity contribution in [2.75, 3.05) is 0 Å². The maximum absolute atomic E-state index is 5.86. The van der Waals surface area contributed by atoms with Gasteiger partial charge in [-0.3, -0.25) is 4.99 Å². The molecule has 28 heavy (non-hydrogen) atoms. The summed E-state index contributed by atoms with van der Waals surface area (Å²) >= 11 is 1.75. The summed E-state index contributed by atoms with van der Waals surface area (Å²) in [6.45, 7) is 2.78. The lowest BCUT2D eigenvalue weighted by molar-refractivity contribution is 0.306. The molecule has 142 valence electrons. The van der Waals surface area contributed by atoms with Crippen LogP contribution < -0.4 is 10.1 Å². The Morgan fingerprint density at radius 2 is 1.54 bits per heavy atom. The lowest BCUT2D eigenvalue weighted by Gasteiger charge is -2.13. The minimum atomic E-state index is 0.192. The van der Waals surface area contributed by atoms with Crippen LogP contribution in [0.15, 0.2) is 89.9 Å². The molecule has 1 N–H and O–H groups in total. The molecule has 0 bridgehead atoms. The van der Waals surface area contributed by atoms with Crippen LogP contribution in [0.3, 0.4) is 0 Å². The van der Waals surface area contributed by atoms with E-state index in [1.54, 1.807) is 11.8 Å². The molecule has 0 saturated heterocycles. The van der Waals surface area contributed by atoms with Gasteiger partial charge in [0.05, 0.1) is 12.1 Å². The van der Waals surface area contributed by atoms with E-state index in [1.807, 2.05) is 36.4 Å². The Morgan fingerprint density at radius 1 is 0.857 bits per heavy atom. The predicted octanol–water partition coefficient (Wildman–Crippen LogP) is 5.59. The van der Waals surface area contributed by atoms with Gasteiger partial charge in [0.2, 0.25) is 0 Å². The lowest BCUT2D eigenvalue weighted by atomic mass is 10.0. The molecule has 0 aromatic heterocycles. The quantitative estimate of drug-likeness (QED) is 0.598. The molecule has 0 spiro atoms. The fourth-order valence-electron chi connectivity index (χ4n) is 3.22. The van der Waals surface area contributed by atoms with Gasteiger partial charge in [-0.05, 0) is 35.7 Å². The Morgan fingerprint density at radius 3 is 2.25 bits per heavy atom. The second-order valence-electron chi connectivity index (χ2n) is 6.93. The van der Waals surface area contributed by atoms with Crippen LogP contribution in [0.5, 0.6) is 5.75 Å². The molecule has 4 heteroatoms. The van der Waals surface area contributed by atoms with Crippen LogP contribution in [0, 0.1) is 0 Å². The second-order valence-corrected chi connectivity index (χ2v) is 7.89. The summed E-state index contributed by atoms with van der Waals surface area (Å²) in [5, 5.41) is 4.53. The summed E-state index contributed by atoms with van der Waals surface area (Å²) in [5.74, 6) is 1.78. The van der Waals surface area contributed by atoms with E-state index in [9.17, 15) is 0 Å². The van der Waals surface area contributed by atoms with Gasteiger partial charge >= 0.3 is 0 Å². The first-order valence-electron chi connectivity index (χ1n) is 9.56. The topological polar surface area (TPSA) is 33.6 Å². The Labute approximate surface area is 170 Å². The van der Waals surface area contributed by atoms with Crippen molar-refractivity contribution < 1.29 is 4.74 Å². The zero-order chi connectivity index (χ0) is 19.2. The van der Waals surface area contributed by atoms with Gasteiger partial charge in [0.1, 0.15) is 12.4 Å². The predicted molar refractivity (Wildman–Crippen MR) is 118 cm³/mol. The van der Waals surface area contributed by atoms with Crippen molar-refractivity contribution >= 4 is 16.9 Å². The number of aliphatic imine (C=N–C) groups is 1. The number of ether oxygens (including phenoxy) is 1. The summed E-state index contributed by atoms with van der Waals surface area (Å²) in [6, 6.07) is 29.6. The number of hydrogen-bond donors (Lipinski definition) is 1. The van der Waals surface area contributed by atoms with E-state index in [0.717, 1.165) is 16.7 Å². The highest BCUT2D eigenvalue weighted by atomic mass is 32.2. The number of amidine groups is 1. The Bertz CT molecular complexity index is 910. The van der Waals surface area contributed by atoms with Crippen molar-refractivity contribution in [3.05, 3.63) is 102 Å². The summed E-state index contributed by atoms with van der Waals surface area (Å²) < 4.78 is 5.86. The van der Waals surface area contributed by atoms with Crippen molar-refractivity contribution in [1.29, 1.82) is 0 Å². The first-order valence-corrected chi connectivity index (χ1v) is 10.5. The number of rotatable bonds is 6. The third-order valence-electron chi connectivity index (χ3n) is 4.77. The van der Waals surface area contributed by atoms with Gasteiger partial charge in [0, 0.05) is 5.75 Å². The molecule has 4 rings (SSSR count). The normalized spacial score (nSPS) is 18.4. The van der Waals surface area contributed by atoms with Crippen molar-refractivity contribution in [2.45, 2.75) is 31.4 Å². The van der Waals surface area contributed by atoms with E-state index in [-0.39, 0.29) is 6.04 Å². The molecule has 1 heterocycles. The Hall–Kier alpha value is -2.72. The molecule has 0 aliphatic carbocycles. The van der Waals surface area contributed by atoms with Crippen molar-refractivity contribution in [3.8, 4) is 5.75 Å². The minimum Gasteiger partial charge on any atom is -0.489 e. The molecule has 3 aromatic rings. The summed E-state index contributed by atoms with van der Waals surface area (Å²) in [7, 11) is 0.